The van der Waals surface area contributed by atoms with E-state index < -0.39 is 0 Å². The molecule has 1 aliphatic heterocycles. The van der Waals surface area contributed by atoms with Gasteiger partial charge in [-0.3, -0.25) is 0 Å². The van der Waals surface area contributed by atoms with Crippen molar-refractivity contribution in [3.05, 3.63) is 47.6 Å². The summed E-state index contributed by atoms with van der Waals surface area (Å²) in [6.07, 6.45) is 4.01. The summed E-state index contributed by atoms with van der Waals surface area (Å²) in [4.78, 5) is 11.3. The van der Waals surface area contributed by atoms with E-state index in [9.17, 15) is 0 Å². The highest BCUT2D eigenvalue weighted by Crippen LogP contribution is 2.32. The number of aryl methyl sites for hydroxylation is 1. The molecule has 0 bridgehead atoms. The van der Waals surface area contributed by atoms with Crippen LogP contribution in [0.2, 0.25) is 0 Å². The third kappa shape index (κ3) is 2.88. The Hall–Kier alpha value is -2.14. The molecule has 1 aliphatic rings. The number of nitrogens with zero attached hydrogens (tertiary/aromatic N) is 3. The van der Waals surface area contributed by atoms with Gasteiger partial charge in [0.25, 0.3) is 0 Å². The van der Waals surface area contributed by atoms with Crippen LogP contribution in [-0.4, -0.2) is 29.2 Å². The van der Waals surface area contributed by atoms with Crippen LogP contribution in [0, 0.1) is 6.92 Å². The fourth-order valence-electron chi connectivity index (χ4n) is 3.06. The van der Waals surface area contributed by atoms with Gasteiger partial charge >= 0.3 is 0 Å². The Morgan fingerprint density at radius 1 is 1.13 bits per heavy atom. The Labute approximate surface area is 139 Å². The number of ether oxygens (including phenoxy) is 1. The monoisotopic (exact) mass is 325 g/mol. The number of para-hydroxylation sites is 1. The molecule has 1 fully saturated rings. The maximum atomic E-state index is 6.07. The molecular formula is C18H19N3OS. The van der Waals surface area contributed by atoms with Gasteiger partial charge in [0.15, 0.2) is 0 Å². The number of anilines is 1. The number of benzene rings is 1. The predicted octanol–water partition coefficient (Wildman–Crippen LogP) is 4.05. The lowest BCUT2D eigenvalue weighted by Gasteiger charge is -2.33. The number of aromatic nitrogens is 2. The average Bonchev–Trinajstić information content (AvgIpc) is 2.98. The average molecular weight is 325 g/mol. The fourth-order valence-corrected chi connectivity index (χ4v) is 4.08. The lowest BCUT2D eigenvalue weighted by molar-refractivity contribution is 0.171. The first-order chi connectivity index (χ1) is 11.3. The highest BCUT2D eigenvalue weighted by Gasteiger charge is 2.23. The molecule has 118 valence electrons. The van der Waals surface area contributed by atoms with Crippen molar-refractivity contribution >= 4 is 27.4 Å². The summed E-state index contributed by atoms with van der Waals surface area (Å²) in [6, 6.07) is 10.1. The lowest BCUT2D eigenvalue weighted by Crippen LogP contribution is -2.38. The zero-order valence-electron chi connectivity index (χ0n) is 13.1. The first-order valence-electron chi connectivity index (χ1n) is 7.97. The van der Waals surface area contributed by atoms with Crippen LogP contribution in [0.3, 0.4) is 0 Å². The molecule has 4 nitrogen and oxygen atoms in total. The van der Waals surface area contributed by atoms with E-state index in [1.807, 2.05) is 30.3 Å². The van der Waals surface area contributed by atoms with E-state index in [1.54, 1.807) is 17.7 Å². The van der Waals surface area contributed by atoms with Crippen LogP contribution in [0.4, 0.5) is 5.82 Å². The molecule has 0 unspecified atom stereocenters. The molecule has 0 aliphatic carbocycles. The van der Waals surface area contributed by atoms with Crippen molar-refractivity contribution in [2.45, 2.75) is 25.9 Å². The van der Waals surface area contributed by atoms with Gasteiger partial charge < -0.3 is 9.64 Å². The number of fused-ring (bicyclic) bond motifs is 1. The largest absolute Gasteiger partial charge is 0.490 e. The molecule has 3 aromatic rings. The zero-order chi connectivity index (χ0) is 15.6. The Morgan fingerprint density at radius 2 is 1.91 bits per heavy atom. The molecular weight excluding hydrogens is 306 g/mol. The van der Waals surface area contributed by atoms with E-state index in [-0.39, 0.29) is 6.10 Å². The van der Waals surface area contributed by atoms with Gasteiger partial charge in [-0.25, -0.2) is 9.97 Å². The summed E-state index contributed by atoms with van der Waals surface area (Å²) in [7, 11) is 0. The SMILES string of the molecule is Cc1csc2c(N3CCC(Oc4ccccc4)CC3)ncnc12. The zero-order valence-corrected chi connectivity index (χ0v) is 13.9. The van der Waals surface area contributed by atoms with Crippen LogP contribution in [0.25, 0.3) is 10.2 Å². The molecule has 1 aromatic carbocycles. The highest BCUT2D eigenvalue weighted by molar-refractivity contribution is 7.18. The van der Waals surface area contributed by atoms with Crippen molar-refractivity contribution in [1.82, 2.24) is 9.97 Å². The van der Waals surface area contributed by atoms with Crippen LogP contribution in [0.15, 0.2) is 42.0 Å². The standard InChI is InChI=1S/C18H19N3OS/c1-13-11-23-17-16(13)19-12-20-18(17)21-9-7-15(8-10-21)22-14-5-3-2-4-6-14/h2-6,11-12,15H,7-10H2,1H3. The number of thiophene rings is 1. The molecule has 0 spiro atoms. The number of piperidine rings is 1. The quantitative estimate of drug-likeness (QED) is 0.728. The molecule has 0 N–H and O–H groups in total. The van der Waals surface area contributed by atoms with Crippen LogP contribution in [-0.2, 0) is 0 Å². The number of hydrogen-bond donors (Lipinski definition) is 0. The Morgan fingerprint density at radius 3 is 2.70 bits per heavy atom. The van der Waals surface area contributed by atoms with Crippen LogP contribution >= 0.6 is 11.3 Å². The predicted molar refractivity (Wildman–Crippen MR) is 94.5 cm³/mol. The van der Waals surface area contributed by atoms with Gasteiger partial charge in [-0.1, -0.05) is 18.2 Å². The minimum atomic E-state index is 0.288. The molecule has 0 radical (unpaired) electrons. The van der Waals surface area contributed by atoms with E-state index in [1.165, 1.54) is 10.3 Å². The summed E-state index contributed by atoms with van der Waals surface area (Å²) in [5.41, 5.74) is 2.32. The van der Waals surface area contributed by atoms with Crippen molar-refractivity contribution in [2.75, 3.05) is 18.0 Å². The second-order valence-electron chi connectivity index (χ2n) is 5.91. The van der Waals surface area contributed by atoms with Crippen molar-refractivity contribution < 1.29 is 4.74 Å². The minimum Gasteiger partial charge on any atom is -0.490 e. The van der Waals surface area contributed by atoms with Crippen molar-refractivity contribution in [3.63, 3.8) is 0 Å². The molecule has 1 saturated heterocycles. The molecule has 4 rings (SSSR count). The Balaban J connectivity index is 1.47. The minimum absolute atomic E-state index is 0.288. The van der Waals surface area contributed by atoms with Gasteiger partial charge in [-0.15, -0.1) is 11.3 Å². The van der Waals surface area contributed by atoms with Crippen LogP contribution in [0.5, 0.6) is 5.75 Å². The molecule has 5 heteroatoms. The summed E-state index contributed by atoms with van der Waals surface area (Å²) >= 11 is 1.74. The molecule has 3 heterocycles. The molecule has 2 aromatic heterocycles. The van der Waals surface area contributed by atoms with Gasteiger partial charge in [0, 0.05) is 25.9 Å². The Bertz CT molecular complexity index is 794. The third-order valence-corrected chi connectivity index (χ3v) is 5.38. The molecule has 0 saturated carbocycles. The second-order valence-corrected chi connectivity index (χ2v) is 6.79. The van der Waals surface area contributed by atoms with E-state index >= 15 is 0 Å². The summed E-state index contributed by atoms with van der Waals surface area (Å²) in [5.74, 6) is 2.04. The molecule has 23 heavy (non-hydrogen) atoms. The first kappa shape index (κ1) is 14.5. The van der Waals surface area contributed by atoms with Crippen molar-refractivity contribution in [1.29, 1.82) is 0 Å². The maximum Gasteiger partial charge on any atom is 0.150 e. The summed E-state index contributed by atoms with van der Waals surface area (Å²) < 4.78 is 7.28. The van der Waals surface area contributed by atoms with Crippen LogP contribution < -0.4 is 9.64 Å². The maximum absolute atomic E-state index is 6.07. The van der Waals surface area contributed by atoms with E-state index in [0.717, 1.165) is 43.0 Å². The second kappa shape index (κ2) is 6.16. The lowest BCUT2D eigenvalue weighted by atomic mass is 10.1. The van der Waals surface area contributed by atoms with Gasteiger partial charge in [0.05, 0.1) is 10.2 Å². The summed E-state index contributed by atoms with van der Waals surface area (Å²) in [6.45, 7) is 4.05. The van der Waals surface area contributed by atoms with Gasteiger partial charge in [-0.05, 0) is 30.0 Å². The van der Waals surface area contributed by atoms with Crippen molar-refractivity contribution in [3.8, 4) is 5.75 Å². The fraction of sp³-hybridized carbons (Fsp3) is 0.333. The number of rotatable bonds is 3. The Kier molecular flexibility index (Phi) is 3.87. The van der Waals surface area contributed by atoms with Gasteiger partial charge in [-0.2, -0.15) is 0 Å². The smallest absolute Gasteiger partial charge is 0.150 e. The summed E-state index contributed by atoms with van der Waals surface area (Å²) in [5, 5.41) is 2.16. The van der Waals surface area contributed by atoms with Gasteiger partial charge in [0.1, 0.15) is 24.0 Å². The third-order valence-electron chi connectivity index (χ3n) is 4.30. The molecule has 0 atom stereocenters. The van der Waals surface area contributed by atoms with E-state index in [4.69, 9.17) is 4.74 Å². The molecule has 0 amide bonds. The van der Waals surface area contributed by atoms with Crippen molar-refractivity contribution in [2.24, 2.45) is 0 Å². The normalized spacial score (nSPS) is 16.0. The first-order valence-corrected chi connectivity index (χ1v) is 8.84. The highest BCUT2D eigenvalue weighted by atomic mass is 32.1. The van der Waals surface area contributed by atoms with Crippen LogP contribution in [0.1, 0.15) is 18.4 Å². The van der Waals surface area contributed by atoms with E-state index in [0.29, 0.717) is 0 Å². The van der Waals surface area contributed by atoms with E-state index in [2.05, 4.69) is 27.2 Å². The topological polar surface area (TPSA) is 38.2 Å². The van der Waals surface area contributed by atoms with Gasteiger partial charge in [0.2, 0.25) is 0 Å². The number of hydrogen-bond acceptors (Lipinski definition) is 5.